The normalized spacial score (nSPS) is 24.6. The van der Waals surface area contributed by atoms with Crippen LogP contribution < -0.4 is 0 Å². The first-order chi connectivity index (χ1) is 7.85. The van der Waals surface area contributed by atoms with Gasteiger partial charge >= 0.3 is 0 Å². The van der Waals surface area contributed by atoms with Crippen molar-refractivity contribution in [2.45, 2.75) is 57.8 Å². The molecule has 1 aliphatic heterocycles. The molecule has 2 aliphatic rings. The molecule has 0 bridgehead atoms. The van der Waals surface area contributed by atoms with E-state index in [-0.39, 0.29) is 0 Å². The molecule has 16 heavy (non-hydrogen) atoms. The van der Waals surface area contributed by atoms with Gasteiger partial charge in [-0.15, -0.1) is 0 Å². The van der Waals surface area contributed by atoms with Crippen molar-refractivity contribution in [2.75, 3.05) is 26.2 Å². The molecular formula is C14H27NO. The van der Waals surface area contributed by atoms with Gasteiger partial charge < -0.3 is 10.0 Å². The predicted molar refractivity (Wildman–Crippen MR) is 67.5 cm³/mol. The lowest BCUT2D eigenvalue weighted by Crippen LogP contribution is -2.57. The number of likely N-dealkylation sites (tertiary alicyclic amines) is 1. The highest BCUT2D eigenvalue weighted by molar-refractivity contribution is 4.96. The average Bonchev–Trinajstić information content (AvgIpc) is 2.28. The van der Waals surface area contributed by atoms with Crippen molar-refractivity contribution in [2.24, 2.45) is 5.41 Å². The number of unbranched alkanes of at least 4 members (excludes halogenated alkanes) is 3. The Morgan fingerprint density at radius 1 is 0.875 bits per heavy atom. The molecule has 0 radical (unpaired) electrons. The second-order valence-corrected chi connectivity index (χ2v) is 5.91. The molecule has 94 valence electrons. The quantitative estimate of drug-likeness (QED) is 0.703. The zero-order valence-electron chi connectivity index (χ0n) is 10.6. The molecule has 1 heterocycles. The first-order valence-corrected chi connectivity index (χ1v) is 7.18. The van der Waals surface area contributed by atoms with E-state index < -0.39 is 0 Å². The second-order valence-electron chi connectivity index (χ2n) is 5.91. The van der Waals surface area contributed by atoms with Gasteiger partial charge in [-0.3, -0.25) is 0 Å². The molecule has 0 amide bonds. The van der Waals surface area contributed by atoms with E-state index in [0.717, 1.165) is 11.8 Å². The molecule has 2 heteroatoms. The lowest BCUT2D eigenvalue weighted by Gasteiger charge is -2.52. The van der Waals surface area contributed by atoms with Gasteiger partial charge in [-0.1, -0.05) is 32.1 Å². The fourth-order valence-electron chi connectivity index (χ4n) is 3.48. The molecule has 1 spiro atoms. The van der Waals surface area contributed by atoms with Crippen LogP contribution in [0, 0.1) is 5.41 Å². The number of aliphatic hydroxyl groups excluding tert-OH is 1. The van der Waals surface area contributed by atoms with E-state index in [1.165, 1.54) is 71.0 Å². The Morgan fingerprint density at radius 3 is 2.25 bits per heavy atom. The summed E-state index contributed by atoms with van der Waals surface area (Å²) in [7, 11) is 0. The highest BCUT2D eigenvalue weighted by Crippen LogP contribution is 2.43. The smallest absolute Gasteiger partial charge is 0.0431 e. The zero-order valence-corrected chi connectivity index (χ0v) is 10.6. The third-order valence-corrected chi connectivity index (χ3v) is 4.41. The Morgan fingerprint density at radius 2 is 1.56 bits per heavy atom. The Labute approximate surface area is 100 Å². The molecule has 0 aromatic carbocycles. The van der Waals surface area contributed by atoms with Crippen molar-refractivity contribution in [1.82, 2.24) is 4.90 Å². The minimum Gasteiger partial charge on any atom is -0.396 e. The van der Waals surface area contributed by atoms with Gasteiger partial charge in [0.25, 0.3) is 0 Å². The third-order valence-electron chi connectivity index (χ3n) is 4.41. The molecule has 1 aliphatic carbocycles. The maximum absolute atomic E-state index is 8.69. The summed E-state index contributed by atoms with van der Waals surface area (Å²) < 4.78 is 0. The molecule has 1 N–H and O–H groups in total. The van der Waals surface area contributed by atoms with Gasteiger partial charge in [-0.05, 0) is 37.6 Å². The number of rotatable bonds is 6. The minimum atomic E-state index is 0.368. The first-order valence-electron chi connectivity index (χ1n) is 7.18. The average molecular weight is 225 g/mol. The SMILES string of the molecule is OCCCCCCN1CC2(CCCCC2)C1. The van der Waals surface area contributed by atoms with Crippen molar-refractivity contribution < 1.29 is 5.11 Å². The van der Waals surface area contributed by atoms with Gasteiger partial charge in [0.1, 0.15) is 0 Å². The summed E-state index contributed by atoms with van der Waals surface area (Å²) in [6.45, 7) is 4.43. The molecule has 0 unspecified atom stereocenters. The number of hydrogen-bond donors (Lipinski definition) is 1. The summed E-state index contributed by atoms with van der Waals surface area (Å²) >= 11 is 0. The van der Waals surface area contributed by atoms with E-state index >= 15 is 0 Å². The minimum absolute atomic E-state index is 0.368. The van der Waals surface area contributed by atoms with Crippen LogP contribution >= 0.6 is 0 Å². The standard InChI is InChI=1S/C14H27NO/c16-11-7-2-1-6-10-15-12-14(13-15)8-4-3-5-9-14/h16H,1-13H2. The Hall–Kier alpha value is -0.0800. The van der Waals surface area contributed by atoms with Gasteiger partial charge in [-0.25, -0.2) is 0 Å². The van der Waals surface area contributed by atoms with Crippen molar-refractivity contribution in [3.8, 4) is 0 Å². The van der Waals surface area contributed by atoms with Crippen molar-refractivity contribution >= 4 is 0 Å². The Kier molecular flexibility index (Phi) is 4.66. The number of hydrogen-bond acceptors (Lipinski definition) is 2. The lowest BCUT2D eigenvalue weighted by atomic mass is 9.68. The topological polar surface area (TPSA) is 23.5 Å². The van der Waals surface area contributed by atoms with E-state index in [4.69, 9.17) is 5.11 Å². The van der Waals surface area contributed by atoms with Gasteiger partial charge in [0.15, 0.2) is 0 Å². The van der Waals surface area contributed by atoms with Crippen molar-refractivity contribution in [3.05, 3.63) is 0 Å². The molecule has 2 fully saturated rings. The van der Waals surface area contributed by atoms with E-state index in [1.807, 2.05) is 0 Å². The number of nitrogens with zero attached hydrogens (tertiary/aromatic N) is 1. The van der Waals surface area contributed by atoms with Crippen LogP contribution in [-0.4, -0.2) is 36.2 Å². The molecule has 0 atom stereocenters. The van der Waals surface area contributed by atoms with Crippen molar-refractivity contribution in [1.29, 1.82) is 0 Å². The van der Waals surface area contributed by atoms with E-state index in [9.17, 15) is 0 Å². The monoisotopic (exact) mass is 225 g/mol. The van der Waals surface area contributed by atoms with Crippen LogP contribution in [0.3, 0.4) is 0 Å². The van der Waals surface area contributed by atoms with Gasteiger partial charge in [0, 0.05) is 19.7 Å². The van der Waals surface area contributed by atoms with E-state index in [2.05, 4.69) is 4.90 Å². The van der Waals surface area contributed by atoms with E-state index in [0.29, 0.717) is 6.61 Å². The van der Waals surface area contributed by atoms with Crippen LogP contribution in [0.15, 0.2) is 0 Å². The molecule has 1 saturated heterocycles. The second kappa shape index (κ2) is 6.02. The van der Waals surface area contributed by atoms with Gasteiger partial charge in [0.05, 0.1) is 0 Å². The summed E-state index contributed by atoms with van der Waals surface area (Å²) in [5.74, 6) is 0. The van der Waals surface area contributed by atoms with Crippen LogP contribution in [0.5, 0.6) is 0 Å². The van der Waals surface area contributed by atoms with E-state index in [1.54, 1.807) is 0 Å². The maximum Gasteiger partial charge on any atom is 0.0431 e. The summed E-state index contributed by atoms with van der Waals surface area (Å²) in [5, 5.41) is 8.69. The summed E-state index contributed by atoms with van der Waals surface area (Å²) in [4.78, 5) is 2.64. The van der Waals surface area contributed by atoms with Crippen LogP contribution in [-0.2, 0) is 0 Å². The molecule has 1 saturated carbocycles. The third kappa shape index (κ3) is 3.21. The predicted octanol–water partition coefficient (Wildman–Crippen LogP) is 2.81. The van der Waals surface area contributed by atoms with Crippen LogP contribution in [0.2, 0.25) is 0 Å². The molecule has 0 aromatic rings. The molecule has 0 aromatic heterocycles. The molecule has 2 rings (SSSR count). The fraction of sp³-hybridized carbons (Fsp3) is 1.00. The summed E-state index contributed by atoms with van der Waals surface area (Å²) in [6.07, 6.45) is 12.2. The van der Waals surface area contributed by atoms with Crippen LogP contribution in [0.25, 0.3) is 0 Å². The summed E-state index contributed by atoms with van der Waals surface area (Å²) in [5.41, 5.74) is 0.753. The zero-order chi connectivity index (χ0) is 11.3. The van der Waals surface area contributed by atoms with Gasteiger partial charge in [-0.2, -0.15) is 0 Å². The Bertz CT molecular complexity index is 191. The summed E-state index contributed by atoms with van der Waals surface area (Å²) in [6, 6.07) is 0. The Balaban J connectivity index is 1.51. The highest BCUT2D eigenvalue weighted by Gasteiger charge is 2.42. The number of aliphatic hydroxyl groups is 1. The lowest BCUT2D eigenvalue weighted by molar-refractivity contribution is -0.0284. The molecular weight excluding hydrogens is 198 g/mol. The maximum atomic E-state index is 8.69. The highest BCUT2D eigenvalue weighted by atomic mass is 16.2. The van der Waals surface area contributed by atoms with Crippen LogP contribution in [0.4, 0.5) is 0 Å². The van der Waals surface area contributed by atoms with Crippen LogP contribution in [0.1, 0.15) is 57.8 Å². The fourth-order valence-corrected chi connectivity index (χ4v) is 3.48. The largest absolute Gasteiger partial charge is 0.396 e. The first kappa shape index (κ1) is 12.4. The van der Waals surface area contributed by atoms with Gasteiger partial charge in [0.2, 0.25) is 0 Å². The molecule has 2 nitrogen and oxygen atoms in total. The van der Waals surface area contributed by atoms with Crippen molar-refractivity contribution in [3.63, 3.8) is 0 Å².